The minimum Gasteiger partial charge on any atom is -0.430 e. The third-order valence-electron chi connectivity index (χ3n) is 6.51. The van der Waals surface area contributed by atoms with Crippen LogP contribution in [-0.2, 0) is 14.3 Å². The molecule has 0 aromatic heterocycles. The first-order valence-corrected chi connectivity index (χ1v) is 14.2. The van der Waals surface area contributed by atoms with Gasteiger partial charge in [-0.25, -0.2) is 4.79 Å². The SMILES string of the molecule is C=C(C)C(=O)OC(CC)(CCCCCCCCCC)OCCCCCCCCCC(C)(C)C. The van der Waals surface area contributed by atoms with Crippen molar-refractivity contribution in [3.8, 4) is 0 Å². The van der Waals surface area contributed by atoms with Crippen LogP contribution in [0.4, 0.5) is 0 Å². The van der Waals surface area contributed by atoms with Gasteiger partial charge in [0.2, 0.25) is 5.79 Å². The molecule has 0 amide bonds. The van der Waals surface area contributed by atoms with Crippen LogP contribution in [0.2, 0.25) is 0 Å². The lowest BCUT2D eigenvalue weighted by atomic mass is 9.89. The van der Waals surface area contributed by atoms with Gasteiger partial charge in [-0.2, -0.15) is 0 Å². The zero-order valence-corrected chi connectivity index (χ0v) is 23.4. The Kier molecular flexibility index (Phi) is 19.0. The van der Waals surface area contributed by atoms with Crippen molar-refractivity contribution < 1.29 is 14.3 Å². The van der Waals surface area contributed by atoms with Crippen LogP contribution in [-0.4, -0.2) is 18.4 Å². The molecule has 0 radical (unpaired) electrons. The van der Waals surface area contributed by atoms with Crippen LogP contribution in [0.3, 0.4) is 0 Å². The molecule has 196 valence electrons. The summed E-state index contributed by atoms with van der Waals surface area (Å²) < 4.78 is 12.1. The fourth-order valence-electron chi connectivity index (χ4n) is 4.19. The molecule has 0 heterocycles. The zero-order chi connectivity index (χ0) is 25.0. The van der Waals surface area contributed by atoms with Crippen molar-refractivity contribution in [3.05, 3.63) is 12.2 Å². The molecular weight excluding hydrogens is 408 g/mol. The van der Waals surface area contributed by atoms with Gasteiger partial charge < -0.3 is 9.47 Å². The second-order valence-electron chi connectivity index (χ2n) is 11.3. The minimum atomic E-state index is -0.787. The summed E-state index contributed by atoms with van der Waals surface area (Å²) in [7, 11) is 0. The predicted octanol–water partition coefficient (Wildman–Crippen LogP) is 9.93. The number of ether oxygens (including phenoxy) is 2. The van der Waals surface area contributed by atoms with E-state index < -0.39 is 5.79 Å². The molecule has 0 aromatic rings. The van der Waals surface area contributed by atoms with Gasteiger partial charge in [0.15, 0.2) is 0 Å². The van der Waals surface area contributed by atoms with Crippen LogP contribution in [0, 0.1) is 5.41 Å². The van der Waals surface area contributed by atoms with Crippen LogP contribution in [0.25, 0.3) is 0 Å². The number of carbonyl (C=O) groups is 1. The summed E-state index contributed by atoms with van der Waals surface area (Å²) in [4.78, 5) is 12.3. The van der Waals surface area contributed by atoms with Gasteiger partial charge in [0.1, 0.15) is 0 Å². The van der Waals surface area contributed by atoms with Gasteiger partial charge in [-0.1, -0.05) is 125 Å². The average molecular weight is 467 g/mol. The molecule has 3 nitrogen and oxygen atoms in total. The molecule has 0 aromatic carbocycles. The fourth-order valence-corrected chi connectivity index (χ4v) is 4.19. The van der Waals surface area contributed by atoms with E-state index in [1.54, 1.807) is 6.92 Å². The number of unbranched alkanes of at least 4 members (excludes halogenated alkanes) is 13. The molecule has 0 N–H and O–H groups in total. The van der Waals surface area contributed by atoms with E-state index in [-0.39, 0.29) is 5.97 Å². The Morgan fingerprint density at radius 3 is 1.61 bits per heavy atom. The monoisotopic (exact) mass is 466 g/mol. The Bertz CT molecular complexity index is 491. The number of hydrogen-bond donors (Lipinski definition) is 0. The summed E-state index contributed by atoms with van der Waals surface area (Å²) in [6.45, 7) is 17.4. The molecule has 3 heteroatoms. The van der Waals surface area contributed by atoms with E-state index in [1.165, 1.54) is 89.9 Å². The summed E-state index contributed by atoms with van der Waals surface area (Å²) in [6, 6.07) is 0. The third-order valence-corrected chi connectivity index (χ3v) is 6.51. The molecule has 1 atom stereocenters. The van der Waals surface area contributed by atoms with Crippen molar-refractivity contribution in [2.45, 2.75) is 163 Å². The topological polar surface area (TPSA) is 35.5 Å². The van der Waals surface area contributed by atoms with Crippen molar-refractivity contribution in [1.82, 2.24) is 0 Å². The minimum absolute atomic E-state index is 0.327. The summed E-state index contributed by atoms with van der Waals surface area (Å²) in [5, 5.41) is 0. The molecule has 0 spiro atoms. The summed E-state index contributed by atoms with van der Waals surface area (Å²) in [5.41, 5.74) is 0.907. The quantitative estimate of drug-likeness (QED) is 0.0689. The first-order valence-electron chi connectivity index (χ1n) is 14.2. The first-order chi connectivity index (χ1) is 15.7. The number of hydrogen-bond acceptors (Lipinski definition) is 3. The first kappa shape index (κ1) is 32.2. The smallest absolute Gasteiger partial charge is 0.335 e. The molecular formula is C30H58O3. The van der Waals surface area contributed by atoms with Crippen molar-refractivity contribution >= 4 is 5.97 Å². The third kappa shape index (κ3) is 19.2. The molecule has 0 aliphatic rings. The zero-order valence-electron chi connectivity index (χ0n) is 23.4. The van der Waals surface area contributed by atoms with Gasteiger partial charge in [-0.05, 0) is 31.6 Å². The fraction of sp³-hybridized carbons (Fsp3) is 0.900. The highest BCUT2D eigenvalue weighted by atomic mass is 16.7. The summed E-state index contributed by atoms with van der Waals surface area (Å²) >= 11 is 0. The average Bonchev–Trinajstić information content (AvgIpc) is 2.75. The number of rotatable bonds is 22. The molecule has 0 aliphatic carbocycles. The maximum atomic E-state index is 12.3. The van der Waals surface area contributed by atoms with Crippen molar-refractivity contribution in [2.75, 3.05) is 6.61 Å². The van der Waals surface area contributed by atoms with E-state index in [4.69, 9.17) is 9.47 Å². The molecule has 0 fully saturated rings. The van der Waals surface area contributed by atoms with Gasteiger partial charge in [0.25, 0.3) is 0 Å². The molecule has 0 aliphatic heterocycles. The van der Waals surface area contributed by atoms with Gasteiger partial charge >= 0.3 is 5.97 Å². The van der Waals surface area contributed by atoms with E-state index in [0.29, 0.717) is 24.0 Å². The van der Waals surface area contributed by atoms with E-state index in [1.807, 2.05) is 0 Å². The molecule has 0 rings (SSSR count). The Morgan fingerprint density at radius 1 is 0.697 bits per heavy atom. The summed E-state index contributed by atoms with van der Waals surface area (Å²) in [6.07, 6.45) is 21.7. The van der Waals surface area contributed by atoms with E-state index in [9.17, 15) is 4.79 Å². The number of carbonyl (C=O) groups excluding carboxylic acids is 1. The van der Waals surface area contributed by atoms with Gasteiger partial charge in [-0.3, -0.25) is 0 Å². The largest absolute Gasteiger partial charge is 0.430 e. The number of esters is 1. The van der Waals surface area contributed by atoms with Crippen molar-refractivity contribution in [3.63, 3.8) is 0 Å². The molecule has 1 unspecified atom stereocenters. The van der Waals surface area contributed by atoms with Crippen LogP contribution in [0.5, 0.6) is 0 Å². The molecule has 33 heavy (non-hydrogen) atoms. The van der Waals surface area contributed by atoms with Gasteiger partial charge in [0.05, 0.1) is 6.61 Å². The predicted molar refractivity (Wildman–Crippen MR) is 143 cm³/mol. The molecule has 0 bridgehead atoms. The highest BCUT2D eigenvalue weighted by Crippen LogP contribution is 2.28. The van der Waals surface area contributed by atoms with Crippen LogP contribution >= 0.6 is 0 Å². The van der Waals surface area contributed by atoms with Crippen molar-refractivity contribution in [1.29, 1.82) is 0 Å². The normalized spacial score (nSPS) is 13.6. The Hall–Kier alpha value is -0.830. The lowest BCUT2D eigenvalue weighted by Gasteiger charge is -2.33. The Balaban J connectivity index is 4.23. The van der Waals surface area contributed by atoms with Crippen molar-refractivity contribution in [2.24, 2.45) is 5.41 Å². The highest BCUT2D eigenvalue weighted by Gasteiger charge is 2.33. The maximum absolute atomic E-state index is 12.3. The second kappa shape index (κ2) is 19.5. The van der Waals surface area contributed by atoms with Crippen LogP contribution in [0.15, 0.2) is 12.2 Å². The maximum Gasteiger partial charge on any atom is 0.335 e. The van der Waals surface area contributed by atoms with Crippen LogP contribution < -0.4 is 0 Å². The van der Waals surface area contributed by atoms with Crippen LogP contribution in [0.1, 0.15) is 157 Å². The van der Waals surface area contributed by atoms with Gasteiger partial charge in [-0.15, -0.1) is 0 Å². The molecule has 0 saturated heterocycles. The van der Waals surface area contributed by atoms with E-state index in [0.717, 1.165) is 19.3 Å². The second-order valence-corrected chi connectivity index (χ2v) is 11.3. The summed E-state index contributed by atoms with van der Waals surface area (Å²) in [5.74, 6) is -1.11. The standard InChI is InChI=1S/C30H58O3/c1-8-10-11-12-13-16-19-22-25-30(9-2,33-28(31)27(3)4)32-26-23-20-17-14-15-18-21-24-29(5,6)7/h3,8-26H2,1-2,4-7H3. The van der Waals surface area contributed by atoms with E-state index in [2.05, 4.69) is 41.2 Å². The van der Waals surface area contributed by atoms with E-state index >= 15 is 0 Å². The lowest BCUT2D eigenvalue weighted by molar-refractivity contribution is -0.234. The lowest BCUT2D eigenvalue weighted by Crippen LogP contribution is -2.38. The Morgan fingerprint density at radius 2 is 1.15 bits per heavy atom. The molecule has 0 saturated carbocycles. The Labute approximate surface area is 207 Å². The van der Waals surface area contributed by atoms with Gasteiger partial charge in [0, 0.05) is 18.4 Å². The highest BCUT2D eigenvalue weighted by molar-refractivity contribution is 5.87.